The van der Waals surface area contributed by atoms with Gasteiger partial charge in [-0.05, 0) is 38.8 Å². The lowest BCUT2D eigenvalue weighted by atomic mass is 10.0. The number of anilines is 1. The van der Waals surface area contributed by atoms with E-state index in [-0.39, 0.29) is 24.3 Å². The summed E-state index contributed by atoms with van der Waals surface area (Å²) in [5, 5.41) is 21.1. The van der Waals surface area contributed by atoms with Gasteiger partial charge in [0.1, 0.15) is 11.4 Å². The summed E-state index contributed by atoms with van der Waals surface area (Å²) in [5.74, 6) is -1.12. The lowest BCUT2D eigenvalue weighted by Crippen LogP contribution is -2.28. The van der Waals surface area contributed by atoms with Crippen molar-refractivity contribution >= 4 is 17.7 Å². The van der Waals surface area contributed by atoms with Gasteiger partial charge in [-0.3, -0.25) is 10.1 Å². The first-order chi connectivity index (χ1) is 10.1. The molecule has 1 aromatic rings. The Labute approximate surface area is 129 Å². The summed E-state index contributed by atoms with van der Waals surface area (Å²) >= 11 is 0. The van der Waals surface area contributed by atoms with Crippen LogP contribution in [0.1, 0.15) is 45.2 Å². The summed E-state index contributed by atoms with van der Waals surface area (Å²) in [6, 6.07) is 3.97. The lowest BCUT2D eigenvalue weighted by Gasteiger charge is -2.22. The van der Waals surface area contributed by atoms with Crippen LogP contribution in [0.5, 0.6) is 5.75 Å². The van der Waals surface area contributed by atoms with Crippen molar-refractivity contribution < 1.29 is 24.5 Å². The van der Waals surface area contributed by atoms with Crippen molar-refractivity contribution in [2.75, 3.05) is 5.32 Å². The molecule has 22 heavy (non-hydrogen) atoms. The van der Waals surface area contributed by atoms with Gasteiger partial charge in [-0.1, -0.05) is 12.1 Å². The van der Waals surface area contributed by atoms with E-state index in [0.29, 0.717) is 5.56 Å². The maximum Gasteiger partial charge on any atom is 0.412 e. The molecule has 0 fully saturated rings. The molecule has 0 aromatic heterocycles. The quantitative estimate of drug-likeness (QED) is 0.620. The molecule has 1 rings (SSSR count). The van der Waals surface area contributed by atoms with Gasteiger partial charge in [0.2, 0.25) is 0 Å². The van der Waals surface area contributed by atoms with Crippen molar-refractivity contribution in [2.45, 2.75) is 45.3 Å². The van der Waals surface area contributed by atoms with Crippen LogP contribution in [-0.2, 0) is 9.53 Å². The van der Waals surface area contributed by atoms with Crippen LogP contribution in [0.3, 0.4) is 0 Å². The van der Waals surface area contributed by atoms with Gasteiger partial charge in [0.15, 0.2) is 0 Å². The smallest absolute Gasteiger partial charge is 0.412 e. The molecular formula is C15H22N2O5. The summed E-state index contributed by atoms with van der Waals surface area (Å²) in [4.78, 5) is 22.5. The van der Waals surface area contributed by atoms with Crippen LogP contribution in [0.4, 0.5) is 10.5 Å². The third-order valence-electron chi connectivity index (χ3n) is 2.77. The number of nitrogens with one attached hydrogen (secondary N) is 1. The molecule has 0 radical (unpaired) electrons. The van der Waals surface area contributed by atoms with E-state index < -0.39 is 23.7 Å². The van der Waals surface area contributed by atoms with Crippen molar-refractivity contribution in [3.05, 3.63) is 23.8 Å². The monoisotopic (exact) mass is 310 g/mol. The molecule has 1 aromatic carbocycles. The molecule has 1 atom stereocenters. The van der Waals surface area contributed by atoms with Crippen LogP contribution in [-0.4, -0.2) is 27.9 Å². The maximum absolute atomic E-state index is 11.8. The molecule has 1 amide bonds. The Morgan fingerprint density at radius 1 is 1.36 bits per heavy atom. The Kier molecular flexibility index (Phi) is 5.76. The van der Waals surface area contributed by atoms with E-state index in [4.69, 9.17) is 15.6 Å². The molecule has 0 bridgehead atoms. The number of ether oxygens (including phenoxy) is 1. The van der Waals surface area contributed by atoms with Crippen LogP contribution in [0.15, 0.2) is 18.2 Å². The van der Waals surface area contributed by atoms with Gasteiger partial charge in [-0.25, -0.2) is 4.79 Å². The summed E-state index contributed by atoms with van der Waals surface area (Å²) in [5.41, 5.74) is 5.85. The Morgan fingerprint density at radius 2 is 2.00 bits per heavy atom. The van der Waals surface area contributed by atoms with Crippen molar-refractivity contribution in [2.24, 2.45) is 5.73 Å². The van der Waals surface area contributed by atoms with Gasteiger partial charge >= 0.3 is 12.1 Å². The number of carboxylic acids is 1. The van der Waals surface area contributed by atoms with E-state index in [1.54, 1.807) is 32.9 Å². The highest BCUT2D eigenvalue weighted by atomic mass is 16.6. The zero-order valence-corrected chi connectivity index (χ0v) is 12.9. The molecule has 0 heterocycles. The summed E-state index contributed by atoms with van der Waals surface area (Å²) < 4.78 is 5.13. The first-order valence-electron chi connectivity index (χ1n) is 6.89. The summed E-state index contributed by atoms with van der Waals surface area (Å²) in [6.07, 6.45) is -0.648. The molecule has 7 nitrogen and oxygen atoms in total. The Hall–Kier alpha value is -2.28. The number of carbonyl (C=O) groups excluding carboxylic acids is 1. The highest BCUT2D eigenvalue weighted by molar-refractivity contribution is 5.88. The van der Waals surface area contributed by atoms with Gasteiger partial charge in [0, 0.05) is 12.5 Å². The zero-order valence-electron chi connectivity index (χ0n) is 12.9. The van der Waals surface area contributed by atoms with Gasteiger partial charge in [0.05, 0.1) is 5.69 Å². The van der Waals surface area contributed by atoms with Crippen molar-refractivity contribution in [1.29, 1.82) is 0 Å². The number of carboxylic acid groups (broad SMARTS) is 1. The highest BCUT2D eigenvalue weighted by Crippen LogP contribution is 2.32. The van der Waals surface area contributed by atoms with Gasteiger partial charge in [0.25, 0.3) is 0 Å². The number of phenolic OH excluding ortho intramolecular Hbond substituents is 1. The molecule has 0 aliphatic carbocycles. The Morgan fingerprint density at radius 3 is 2.55 bits per heavy atom. The van der Waals surface area contributed by atoms with E-state index in [1.807, 2.05) is 0 Å². The van der Waals surface area contributed by atoms with Crippen LogP contribution < -0.4 is 11.1 Å². The number of phenols is 1. The fraction of sp³-hybridized carbons (Fsp3) is 0.467. The number of rotatable bonds is 5. The second-order valence-corrected chi connectivity index (χ2v) is 5.91. The van der Waals surface area contributed by atoms with Gasteiger partial charge < -0.3 is 20.7 Å². The summed E-state index contributed by atoms with van der Waals surface area (Å²) in [6.45, 7) is 5.16. The molecule has 0 aliphatic heterocycles. The average molecular weight is 310 g/mol. The number of aromatic hydroxyl groups is 1. The van der Waals surface area contributed by atoms with E-state index in [1.165, 1.54) is 6.07 Å². The highest BCUT2D eigenvalue weighted by Gasteiger charge is 2.21. The standard InChI is InChI=1S/C15H22N2O5/c1-15(2,3)22-14(21)17-13-9(5-4-6-11(13)18)10(16)7-8-12(19)20/h4-6,10,18H,7-8,16H2,1-3H3,(H,17,21)(H,19,20). The minimum atomic E-state index is -0.961. The Balaban J connectivity index is 2.94. The van der Waals surface area contributed by atoms with Crippen molar-refractivity contribution in [3.63, 3.8) is 0 Å². The second kappa shape index (κ2) is 7.13. The van der Waals surface area contributed by atoms with Crippen LogP contribution in [0.2, 0.25) is 0 Å². The van der Waals surface area contributed by atoms with Crippen LogP contribution >= 0.6 is 0 Å². The van der Waals surface area contributed by atoms with E-state index >= 15 is 0 Å². The molecule has 0 spiro atoms. The fourth-order valence-electron chi connectivity index (χ4n) is 1.84. The molecule has 0 saturated carbocycles. The van der Waals surface area contributed by atoms with Gasteiger partial charge in [-0.2, -0.15) is 0 Å². The van der Waals surface area contributed by atoms with Crippen LogP contribution in [0.25, 0.3) is 0 Å². The fourth-order valence-corrected chi connectivity index (χ4v) is 1.84. The molecule has 0 saturated heterocycles. The first-order valence-corrected chi connectivity index (χ1v) is 6.89. The number of hydrogen-bond acceptors (Lipinski definition) is 5. The zero-order chi connectivity index (χ0) is 16.9. The third-order valence-corrected chi connectivity index (χ3v) is 2.77. The van der Waals surface area contributed by atoms with Gasteiger partial charge in [-0.15, -0.1) is 0 Å². The first kappa shape index (κ1) is 17.8. The number of amides is 1. The lowest BCUT2D eigenvalue weighted by molar-refractivity contribution is -0.137. The molecular weight excluding hydrogens is 288 g/mol. The molecule has 5 N–H and O–H groups in total. The summed E-state index contributed by atoms with van der Waals surface area (Å²) in [7, 11) is 0. The average Bonchev–Trinajstić information content (AvgIpc) is 2.36. The molecule has 122 valence electrons. The SMILES string of the molecule is CC(C)(C)OC(=O)Nc1c(O)cccc1C(N)CCC(=O)O. The second-order valence-electron chi connectivity index (χ2n) is 5.91. The Bertz CT molecular complexity index is 551. The number of benzene rings is 1. The topological polar surface area (TPSA) is 122 Å². The number of nitrogens with two attached hydrogens (primary N) is 1. The van der Waals surface area contributed by atoms with E-state index in [2.05, 4.69) is 5.32 Å². The normalized spacial score (nSPS) is 12.5. The molecule has 1 unspecified atom stereocenters. The van der Waals surface area contributed by atoms with E-state index in [9.17, 15) is 14.7 Å². The minimum absolute atomic E-state index is 0.108. The predicted octanol–water partition coefficient (Wildman–Crippen LogP) is 2.60. The van der Waals surface area contributed by atoms with Crippen molar-refractivity contribution in [1.82, 2.24) is 0 Å². The number of carbonyl (C=O) groups is 2. The molecule has 7 heteroatoms. The minimum Gasteiger partial charge on any atom is -0.506 e. The van der Waals surface area contributed by atoms with Crippen LogP contribution in [0, 0.1) is 0 Å². The number of aliphatic carboxylic acids is 1. The largest absolute Gasteiger partial charge is 0.506 e. The number of hydrogen-bond donors (Lipinski definition) is 4. The van der Waals surface area contributed by atoms with E-state index in [0.717, 1.165) is 0 Å². The molecule has 0 aliphatic rings. The maximum atomic E-state index is 11.8. The predicted molar refractivity (Wildman–Crippen MR) is 81.8 cm³/mol. The third kappa shape index (κ3) is 5.61. The number of para-hydroxylation sites is 1. The van der Waals surface area contributed by atoms with Crippen molar-refractivity contribution in [3.8, 4) is 5.75 Å².